The summed E-state index contributed by atoms with van der Waals surface area (Å²) >= 11 is 0. The van der Waals surface area contributed by atoms with E-state index in [1.165, 1.54) is 0 Å². The zero-order chi connectivity index (χ0) is 12.6. The van der Waals surface area contributed by atoms with Crippen LogP contribution in [0.5, 0.6) is 0 Å². The van der Waals surface area contributed by atoms with E-state index in [4.69, 9.17) is 5.73 Å². The van der Waals surface area contributed by atoms with E-state index in [2.05, 4.69) is 23.8 Å². The van der Waals surface area contributed by atoms with Crippen LogP contribution in [0.4, 0.5) is 0 Å². The van der Waals surface area contributed by atoms with Gasteiger partial charge in [0.25, 0.3) is 0 Å². The fraction of sp³-hybridized carbons (Fsp3) is 0.692. The lowest BCUT2D eigenvalue weighted by atomic mass is 9.80. The molecule has 3 nitrogen and oxygen atoms in total. The molecule has 1 aromatic heterocycles. The Balaban J connectivity index is 3.06. The van der Waals surface area contributed by atoms with Crippen LogP contribution in [0, 0.1) is 13.8 Å². The molecule has 0 aromatic carbocycles. The highest BCUT2D eigenvalue weighted by Gasteiger charge is 2.30. The van der Waals surface area contributed by atoms with Gasteiger partial charge in [-0.05, 0) is 40.2 Å². The van der Waals surface area contributed by atoms with Crippen molar-refractivity contribution in [1.82, 2.24) is 9.97 Å². The van der Waals surface area contributed by atoms with Crippen LogP contribution in [0.15, 0.2) is 6.07 Å². The van der Waals surface area contributed by atoms with Crippen molar-refractivity contribution >= 4 is 0 Å². The van der Waals surface area contributed by atoms with Crippen molar-refractivity contribution in [3.05, 3.63) is 23.3 Å². The third-order valence-corrected chi connectivity index (χ3v) is 2.49. The van der Waals surface area contributed by atoms with Crippen LogP contribution < -0.4 is 5.73 Å². The SMILES string of the molecule is Cc1cc(C)nc(C(C)(C)CC(C)(C)N)n1. The minimum absolute atomic E-state index is 0.0883. The summed E-state index contributed by atoms with van der Waals surface area (Å²) in [6.07, 6.45) is 0.864. The summed E-state index contributed by atoms with van der Waals surface area (Å²) in [6.45, 7) is 12.4. The Morgan fingerprint density at radius 2 is 1.50 bits per heavy atom. The van der Waals surface area contributed by atoms with Crippen LogP contribution in [-0.4, -0.2) is 15.5 Å². The molecule has 0 unspecified atom stereocenters. The van der Waals surface area contributed by atoms with Crippen LogP contribution in [-0.2, 0) is 5.41 Å². The summed E-state index contributed by atoms with van der Waals surface area (Å²) in [4.78, 5) is 9.05. The Kier molecular flexibility index (Phi) is 3.38. The largest absolute Gasteiger partial charge is 0.326 e. The quantitative estimate of drug-likeness (QED) is 0.853. The summed E-state index contributed by atoms with van der Waals surface area (Å²) in [5, 5.41) is 0. The molecule has 0 aliphatic rings. The lowest BCUT2D eigenvalue weighted by Crippen LogP contribution is -2.40. The maximum Gasteiger partial charge on any atom is 0.134 e. The minimum atomic E-state index is -0.204. The molecule has 0 aliphatic carbocycles. The van der Waals surface area contributed by atoms with Gasteiger partial charge in [-0.2, -0.15) is 0 Å². The lowest BCUT2D eigenvalue weighted by molar-refractivity contribution is 0.336. The molecule has 0 saturated carbocycles. The van der Waals surface area contributed by atoms with Gasteiger partial charge in [-0.3, -0.25) is 0 Å². The van der Waals surface area contributed by atoms with Gasteiger partial charge in [0.2, 0.25) is 0 Å². The average molecular weight is 221 g/mol. The first-order chi connectivity index (χ1) is 7.10. The molecule has 1 aromatic rings. The van der Waals surface area contributed by atoms with E-state index >= 15 is 0 Å². The van der Waals surface area contributed by atoms with Gasteiger partial charge in [0, 0.05) is 22.3 Å². The number of hydrogen-bond donors (Lipinski definition) is 1. The van der Waals surface area contributed by atoms with Crippen molar-refractivity contribution in [2.24, 2.45) is 5.73 Å². The van der Waals surface area contributed by atoms with Crippen molar-refractivity contribution < 1.29 is 0 Å². The van der Waals surface area contributed by atoms with E-state index in [1.54, 1.807) is 0 Å². The van der Waals surface area contributed by atoms with Gasteiger partial charge in [-0.1, -0.05) is 13.8 Å². The number of nitrogens with two attached hydrogens (primary N) is 1. The van der Waals surface area contributed by atoms with E-state index in [0.29, 0.717) is 0 Å². The van der Waals surface area contributed by atoms with Crippen molar-refractivity contribution in [2.75, 3.05) is 0 Å². The highest BCUT2D eigenvalue weighted by atomic mass is 14.9. The Labute approximate surface area is 98.5 Å². The smallest absolute Gasteiger partial charge is 0.134 e. The molecule has 0 spiro atoms. The third kappa shape index (κ3) is 3.56. The Morgan fingerprint density at radius 3 is 1.88 bits per heavy atom. The molecule has 16 heavy (non-hydrogen) atoms. The first kappa shape index (κ1) is 13.1. The van der Waals surface area contributed by atoms with Crippen molar-refractivity contribution in [1.29, 1.82) is 0 Å². The molecular weight excluding hydrogens is 198 g/mol. The van der Waals surface area contributed by atoms with Gasteiger partial charge >= 0.3 is 0 Å². The molecule has 0 fully saturated rings. The number of hydrogen-bond acceptors (Lipinski definition) is 3. The molecule has 1 heterocycles. The Morgan fingerprint density at radius 1 is 1.06 bits per heavy atom. The summed E-state index contributed by atoms with van der Waals surface area (Å²) in [6, 6.07) is 1.99. The predicted octanol–water partition coefficient (Wildman–Crippen LogP) is 2.50. The van der Waals surface area contributed by atoms with E-state index in [-0.39, 0.29) is 11.0 Å². The molecule has 0 radical (unpaired) electrons. The molecule has 2 N–H and O–H groups in total. The van der Waals surface area contributed by atoms with Gasteiger partial charge in [-0.15, -0.1) is 0 Å². The normalized spacial score (nSPS) is 12.9. The molecule has 0 atom stereocenters. The Hall–Kier alpha value is -0.960. The second kappa shape index (κ2) is 4.13. The molecule has 90 valence electrons. The number of nitrogens with zero attached hydrogens (tertiary/aromatic N) is 2. The summed E-state index contributed by atoms with van der Waals surface area (Å²) in [5.41, 5.74) is 7.83. The molecule has 0 aliphatic heterocycles. The molecule has 0 amide bonds. The molecule has 0 saturated heterocycles. The maximum atomic E-state index is 6.08. The lowest BCUT2D eigenvalue weighted by Gasteiger charge is -2.31. The summed E-state index contributed by atoms with van der Waals surface area (Å²) in [7, 11) is 0. The van der Waals surface area contributed by atoms with E-state index < -0.39 is 0 Å². The van der Waals surface area contributed by atoms with Crippen LogP contribution in [0.25, 0.3) is 0 Å². The second-order valence-electron chi connectivity index (χ2n) is 6.02. The van der Waals surface area contributed by atoms with Gasteiger partial charge in [0.1, 0.15) is 5.82 Å². The van der Waals surface area contributed by atoms with Crippen LogP contribution >= 0.6 is 0 Å². The fourth-order valence-corrected chi connectivity index (χ4v) is 2.25. The van der Waals surface area contributed by atoms with Gasteiger partial charge in [-0.25, -0.2) is 9.97 Å². The van der Waals surface area contributed by atoms with E-state index in [0.717, 1.165) is 23.6 Å². The minimum Gasteiger partial charge on any atom is -0.326 e. The van der Waals surface area contributed by atoms with Crippen LogP contribution in [0.3, 0.4) is 0 Å². The van der Waals surface area contributed by atoms with E-state index in [1.807, 2.05) is 33.8 Å². The summed E-state index contributed by atoms with van der Waals surface area (Å²) in [5.74, 6) is 0.892. The fourth-order valence-electron chi connectivity index (χ4n) is 2.25. The highest BCUT2D eigenvalue weighted by Crippen LogP contribution is 2.29. The first-order valence-corrected chi connectivity index (χ1v) is 5.72. The summed E-state index contributed by atoms with van der Waals surface area (Å²) < 4.78 is 0. The average Bonchev–Trinajstić information content (AvgIpc) is 1.96. The van der Waals surface area contributed by atoms with Gasteiger partial charge in [0.15, 0.2) is 0 Å². The van der Waals surface area contributed by atoms with Gasteiger partial charge < -0.3 is 5.73 Å². The monoisotopic (exact) mass is 221 g/mol. The number of rotatable bonds is 3. The number of aryl methyl sites for hydroxylation is 2. The molecule has 1 rings (SSSR count). The third-order valence-electron chi connectivity index (χ3n) is 2.49. The molecular formula is C13H23N3. The zero-order valence-corrected chi connectivity index (χ0v) is 11.3. The topological polar surface area (TPSA) is 51.8 Å². The van der Waals surface area contributed by atoms with Crippen molar-refractivity contribution in [2.45, 2.75) is 58.9 Å². The van der Waals surface area contributed by atoms with E-state index in [9.17, 15) is 0 Å². The predicted molar refractivity (Wildman–Crippen MR) is 67.4 cm³/mol. The Bertz CT molecular complexity index is 355. The van der Waals surface area contributed by atoms with Gasteiger partial charge in [0.05, 0.1) is 0 Å². The molecule has 3 heteroatoms. The highest BCUT2D eigenvalue weighted by molar-refractivity contribution is 5.14. The first-order valence-electron chi connectivity index (χ1n) is 5.72. The maximum absolute atomic E-state index is 6.08. The van der Waals surface area contributed by atoms with Crippen LogP contribution in [0.1, 0.15) is 51.3 Å². The van der Waals surface area contributed by atoms with Crippen molar-refractivity contribution in [3.63, 3.8) is 0 Å². The zero-order valence-electron chi connectivity index (χ0n) is 11.3. The standard InChI is InChI=1S/C13H23N3/c1-9-7-10(2)16-11(15-9)12(3,4)8-13(5,6)14/h7H,8,14H2,1-6H3. The number of aromatic nitrogens is 2. The second-order valence-corrected chi connectivity index (χ2v) is 6.02. The van der Waals surface area contributed by atoms with Crippen molar-refractivity contribution in [3.8, 4) is 0 Å². The van der Waals surface area contributed by atoms with Crippen LogP contribution in [0.2, 0.25) is 0 Å². The molecule has 0 bridgehead atoms.